The van der Waals surface area contributed by atoms with E-state index in [9.17, 15) is 4.79 Å². The van der Waals surface area contributed by atoms with Gasteiger partial charge in [-0.3, -0.25) is 4.79 Å². The highest BCUT2D eigenvalue weighted by Gasteiger charge is 2.11. The van der Waals surface area contributed by atoms with Crippen LogP contribution in [0.15, 0.2) is 47.3 Å². The van der Waals surface area contributed by atoms with Crippen LogP contribution in [0.1, 0.15) is 10.4 Å². The van der Waals surface area contributed by atoms with Crippen LogP contribution >= 0.6 is 0 Å². The van der Waals surface area contributed by atoms with Gasteiger partial charge in [0, 0.05) is 37.6 Å². The molecule has 2 aromatic rings. The molecule has 2 heterocycles. The molecule has 1 aliphatic heterocycles. The largest absolute Gasteiger partial charge is 0.472 e. The van der Waals surface area contributed by atoms with Gasteiger partial charge in [-0.2, -0.15) is 0 Å². The predicted molar refractivity (Wildman–Crippen MR) is 78.2 cm³/mol. The first-order valence-corrected chi connectivity index (χ1v) is 6.72. The van der Waals surface area contributed by atoms with Crippen LogP contribution in [0, 0.1) is 0 Å². The zero-order valence-electron chi connectivity index (χ0n) is 11.1. The second-order valence-electron chi connectivity index (χ2n) is 4.75. The topological polar surface area (TPSA) is 57.5 Å². The van der Waals surface area contributed by atoms with E-state index in [1.54, 1.807) is 6.07 Å². The Balaban J connectivity index is 1.65. The van der Waals surface area contributed by atoms with Crippen LogP contribution in [-0.2, 0) is 0 Å². The molecule has 1 amide bonds. The van der Waals surface area contributed by atoms with Gasteiger partial charge in [0.25, 0.3) is 5.91 Å². The van der Waals surface area contributed by atoms with Crippen molar-refractivity contribution in [2.75, 3.05) is 36.4 Å². The molecule has 5 heteroatoms. The number of nitrogens with zero attached hydrogens (tertiary/aromatic N) is 1. The van der Waals surface area contributed by atoms with Crippen LogP contribution in [0.5, 0.6) is 0 Å². The van der Waals surface area contributed by atoms with Crippen molar-refractivity contribution < 1.29 is 9.21 Å². The summed E-state index contributed by atoms with van der Waals surface area (Å²) in [5.74, 6) is -0.159. The quantitative estimate of drug-likeness (QED) is 0.895. The van der Waals surface area contributed by atoms with E-state index >= 15 is 0 Å². The van der Waals surface area contributed by atoms with Crippen molar-refractivity contribution in [3.63, 3.8) is 0 Å². The van der Waals surface area contributed by atoms with Crippen molar-refractivity contribution >= 4 is 17.3 Å². The Morgan fingerprint density at radius 1 is 1.15 bits per heavy atom. The van der Waals surface area contributed by atoms with Crippen molar-refractivity contribution in [1.29, 1.82) is 0 Å². The smallest absolute Gasteiger partial charge is 0.258 e. The summed E-state index contributed by atoms with van der Waals surface area (Å²) in [5, 5.41) is 6.17. The molecule has 0 bridgehead atoms. The maximum Gasteiger partial charge on any atom is 0.258 e. The van der Waals surface area contributed by atoms with Crippen molar-refractivity contribution in [3.8, 4) is 0 Å². The Labute approximate surface area is 117 Å². The van der Waals surface area contributed by atoms with Crippen LogP contribution in [-0.4, -0.2) is 32.1 Å². The Morgan fingerprint density at radius 2 is 1.90 bits per heavy atom. The molecule has 20 heavy (non-hydrogen) atoms. The van der Waals surface area contributed by atoms with Gasteiger partial charge < -0.3 is 20.0 Å². The standard InChI is InChI=1S/C15H17N3O2/c19-15(12-5-10-20-11-12)17-13-1-3-14(4-2-13)18-8-6-16-7-9-18/h1-5,10-11,16H,6-9H2,(H,17,19). The molecule has 1 aromatic carbocycles. The summed E-state index contributed by atoms with van der Waals surface area (Å²) in [7, 11) is 0. The van der Waals surface area contributed by atoms with E-state index in [1.807, 2.05) is 24.3 Å². The third kappa shape index (κ3) is 2.83. The molecule has 0 unspecified atom stereocenters. The fourth-order valence-electron chi connectivity index (χ4n) is 2.28. The molecule has 0 radical (unpaired) electrons. The number of furan rings is 1. The Morgan fingerprint density at radius 3 is 2.55 bits per heavy atom. The third-order valence-corrected chi connectivity index (χ3v) is 3.39. The minimum absolute atomic E-state index is 0.159. The van der Waals surface area contributed by atoms with Crippen LogP contribution in [0.4, 0.5) is 11.4 Å². The Bertz CT molecular complexity index is 557. The highest BCUT2D eigenvalue weighted by molar-refractivity contribution is 6.04. The molecular formula is C15H17N3O2. The van der Waals surface area contributed by atoms with Crippen LogP contribution in [0.3, 0.4) is 0 Å². The molecule has 0 saturated carbocycles. The van der Waals surface area contributed by atoms with Gasteiger partial charge in [-0.25, -0.2) is 0 Å². The molecule has 1 fully saturated rings. The molecule has 3 rings (SSSR count). The van der Waals surface area contributed by atoms with E-state index < -0.39 is 0 Å². The van der Waals surface area contributed by atoms with E-state index in [0.29, 0.717) is 5.56 Å². The van der Waals surface area contributed by atoms with E-state index in [4.69, 9.17) is 4.42 Å². The number of benzene rings is 1. The first-order chi connectivity index (χ1) is 9.83. The SMILES string of the molecule is O=C(Nc1ccc(N2CCNCC2)cc1)c1ccoc1. The zero-order chi connectivity index (χ0) is 13.8. The van der Waals surface area contributed by atoms with Gasteiger partial charge in [-0.05, 0) is 30.3 Å². The number of piperazine rings is 1. The van der Waals surface area contributed by atoms with Gasteiger partial charge in [0.2, 0.25) is 0 Å². The molecule has 2 N–H and O–H groups in total. The molecule has 1 aliphatic rings. The van der Waals surface area contributed by atoms with E-state index in [0.717, 1.165) is 31.9 Å². The average Bonchev–Trinajstić information content (AvgIpc) is 3.03. The second-order valence-corrected chi connectivity index (χ2v) is 4.75. The fourth-order valence-corrected chi connectivity index (χ4v) is 2.28. The number of carbonyl (C=O) groups excluding carboxylic acids is 1. The first kappa shape index (κ1) is 12.7. The lowest BCUT2D eigenvalue weighted by molar-refractivity contribution is 0.102. The van der Waals surface area contributed by atoms with Gasteiger partial charge >= 0.3 is 0 Å². The molecule has 0 atom stereocenters. The van der Waals surface area contributed by atoms with E-state index in [1.165, 1.54) is 18.2 Å². The van der Waals surface area contributed by atoms with Crippen molar-refractivity contribution in [2.45, 2.75) is 0 Å². The average molecular weight is 271 g/mol. The summed E-state index contributed by atoms with van der Waals surface area (Å²) in [6.07, 6.45) is 2.92. The van der Waals surface area contributed by atoms with Gasteiger partial charge in [0.05, 0.1) is 11.8 Å². The molecule has 0 spiro atoms. The molecule has 0 aliphatic carbocycles. The highest BCUT2D eigenvalue weighted by atomic mass is 16.3. The summed E-state index contributed by atoms with van der Waals surface area (Å²) < 4.78 is 4.90. The maximum absolute atomic E-state index is 11.9. The lowest BCUT2D eigenvalue weighted by Gasteiger charge is -2.29. The molecular weight excluding hydrogens is 254 g/mol. The molecule has 1 saturated heterocycles. The van der Waals surface area contributed by atoms with Gasteiger partial charge in [-0.15, -0.1) is 0 Å². The zero-order valence-corrected chi connectivity index (χ0v) is 11.1. The third-order valence-electron chi connectivity index (χ3n) is 3.39. The molecule has 5 nitrogen and oxygen atoms in total. The number of carbonyl (C=O) groups is 1. The monoisotopic (exact) mass is 271 g/mol. The normalized spacial score (nSPS) is 15.1. The molecule has 104 valence electrons. The summed E-state index contributed by atoms with van der Waals surface area (Å²) in [6.45, 7) is 4.05. The van der Waals surface area contributed by atoms with Crippen LogP contribution in [0.25, 0.3) is 0 Å². The number of hydrogen-bond acceptors (Lipinski definition) is 4. The number of hydrogen-bond donors (Lipinski definition) is 2. The predicted octanol–water partition coefficient (Wildman–Crippen LogP) is 1.94. The lowest BCUT2D eigenvalue weighted by atomic mass is 10.2. The first-order valence-electron chi connectivity index (χ1n) is 6.72. The lowest BCUT2D eigenvalue weighted by Crippen LogP contribution is -2.43. The Hall–Kier alpha value is -2.27. The van der Waals surface area contributed by atoms with E-state index in [-0.39, 0.29) is 5.91 Å². The van der Waals surface area contributed by atoms with E-state index in [2.05, 4.69) is 15.5 Å². The maximum atomic E-state index is 11.9. The summed E-state index contributed by atoms with van der Waals surface area (Å²) in [4.78, 5) is 14.2. The summed E-state index contributed by atoms with van der Waals surface area (Å²) in [6, 6.07) is 9.57. The summed E-state index contributed by atoms with van der Waals surface area (Å²) in [5.41, 5.74) is 2.50. The minimum Gasteiger partial charge on any atom is -0.472 e. The Kier molecular flexibility index (Phi) is 3.69. The van der Waals surface area contributed by atoms with Crippen LogP contribution in [0.2, 0.25) is 0 Å². The number of rotatable bonds is 3. The highest BCUT2D eigenvalue weighted by Crippen LogP contribution is 2.19. The number of amides is 1. The van der Waals surface area contributed by atoms with Gasteiger partial charge in [-0.1, -0.05) is 0 Å². The van der Waals surface area contributed by atoms with Crippen LogP contribution < -0.4 is 15.5 Å². The molecule has 1 aromatic heterocycles. The van der Waals surface area contributed by atoms with Crippen molar-refractivity contribution in [1.82, 2.24) is 5.32 Å². The van der Waals surface area contributed by atoms with Crippen molar-refractivity contribution in [3.05, 3.63) is 48.4 Å². The minimum atomic E-state index is -0.159. The van der Waals surface area contributed by atoms with Gasteiger partial charge in [0.15, 0.2) is 0 Å². The summed E-state index contributed by atoms with van der Waals surface area (Å²) >= 11 is 0. The second kappa shape index (κ2) is 5.79. The van der Waals surface area contributed by atoms with Crippen molar-refractivity contribution in [2.24, 2.45) is 0 Å². The fraction of sp³-hybridized carbons (Fsp3) is 0.267. The van der Waals surface area contributed by atoms with Gasteiger partial charge in [0.1, 0.15) is 6.26 Å². The number of anilines is 2. The number of nitrogens with one attached hydrogen (secondary N) is 2.